The van der Waals surface area contributed by atoms with E-state index in [0.717, 1.165) is 6.42 Å². The van der Waals surface area contributed by atoms with E-state index in [1.165, 1.54) is 0 Å². The van der Waals surface area contributed by atoms with E-state index in [1.807, 2.05) is 0 Å². The summed E-state index contributed by atoms with van der Waals surface area (Å²) in [6.07, 6.45) is 2.60. The van der Waals surface area contributed by atoms with Gasteiger partial charge in [0.25, 0.3) is 5.91 Å². The van der Waals surface area contributed by atoms with E-state index in [4.69, 9.17) is 16.3 Å². The van der Waals surface area contributed by atoms with E-state index < -0.39 is 0 Å². The minimum absolute atomic E-state index is 0.250. The monoisotopic (exact) mass is 254 g/mol. The number of aromatic nitrogens is 1. The topological polar surface area (TPSA) is 51.2 Å². The average Bonchev–Trinajstić information content (AvgIpc) is 2.33. The molecule has 5 heteroatoms. The molecule has 0 atom stereocenters. The number of pyridine rings is 1. The van der Waals surface area contributed by atoms with Crippen LogP contribution in [0.5, 0.6) is 0 Å². The van der Waals surface area contributed by atoms with E-state index in [1.54, 1.807) is 24.3 Å². The molecule has 0 fully saturated rings. The Labute approximate surface area is 106 Å². The molecule has 0 unspecified atom stereocenters. The van der Waals surface area contributed by atoms with Crippen LogP contribution in [0.4, 0.5) is 0 Å². The fourth-order valence-electron chi connectivity index (χ4n) is 1.13. The molecule has 0 saturated carbocycles. The van der Waals surface area contributed by atoms with Crippen LogP contribution >= 0.6 is 11.6 Å². The van der Waals surface area contributed by atoms with Crippen molar-refractivity contribution in [2.24, 2.45) is 0 Å². The summed E-state index contributed by atoms with van der Waals surface area (Å²) < 4.78 is 5.25. The number of halogens is 1. The van der Waals surface area contributed by atoms with Crippen LogP contribution in [-0.2, 0) is 4.74 Å². The first kappa shape index (κ1) is 13.7. The van der Waals surface area contributed by atoms with Gasteiger partial charge in [0.15, 0.2) is 0 Å². The van der Waals surface area contributed by atoms with Gasteiger partial charge < -0.3 is 10.1 Å². The first-order valence-corrected chi connectivity index (χ1v) is 5.71. The molecule has 0 spiro atoms. The minimum Gasteiger partial charge on any atom is -0.379 e. The van der Waals surface area contributed by atoms with Gasteiger partial charge in [-0.3, -0.25) is 4.79 Å². The van der Waals surface area contributed by atoms with Crippen molar-refractivity contribution in [3.8, 4) is 0 Å². The van der Waals surface area contributed by atoms with Crippen molar-refractivity contribution in [1.82, 2.24) is 10.3 Å². The maximum atomic E-state index is 11.6. The highest BCUT2D eigenvalue weighted by Gasteiger charge is 2.06. The number of carbonyl (C=O) groups is 1. The lowest BCUT2D eigenvalue weighted by molar-refractivity contribution is 0.0913. The Hall–Kier alpha value is -1.39. The maximum Gasteiger partial charge on any atom is 0.270 e. The fourth-order valence-corrected chi connectivity index (χ4v) is 1.29. The van der Waals surface area contributed by atoms with Crippen LogP contribution in [-0.4, -0.2) is 30.6 Å². The van der Waals surface area contributed by atoms with E-state index in [-0.39, 0.29) is 5.91 Å². The highest BCUT2D eigenvalue weighted by Crippen LogP contribution is 2.04. The third-order valence-electron chi connectivity index (χ3n) is 1.95. The van der Waals surface area contributed by atoms with Crippen molar-refractivity contribution in [3.63, 3.8) is 0 Å². The van der Waals surface area contributed by atoms with Crippen LogP contribution in [0.15, 0.2) is 30.9 Å². The van der Waals surface area contributed by atoms with Gasteiger partial charge in [0, 0.05) is 6.54 Å². The lowest BCUT2D eigenvalue weighted by Gasteiger charge is -2.05. The second-order valence-electron chi connectivity index (χ2n) is 3.29. The Bertz CT molecular complexity index is 383. The zero-order valence-electron chi connectivity index (χ0n) is 9.49. The SMILES string of the molecule is C=CCCOCCNC(=O)c1cccc(Cl)n1. The van der Waals surface area contributed by atoms with E-state index in [2.05, 4.69) is 16.9 Å². The van der Waals surface area contributed by atoms with Gasteiger partial charge >= 0.3 is 0 Å². The first-order valence-electron chi connectivity index (χ1n) is 5.33. The van der Waals surface area contributed by atoms with Crippen LogP contribution < -0.4 is 5.32 Å². The molecule has 4 nitrogen and oxygen atoms in total. The molecule has 17 heavy (non-hydrogen) atoms. The molecular weight excluding hydrogens is 240 g/mol. The molecule has 0 aliphatic rings. The molecular formula is C12H15ClN2O2. The number of hydrogen-bond donors (Lipinski definition) is 1. The van der Waals surface area contributed by atoms with Gasteiger partial charge in [-0.15, -0.1) is 6.58 Å². The van der Waals surface area contributed by atoms with E-state index in [0.29, 0.717) is 30.6 Å². The van der Waals surface area contributed by atoms with Crippen molar-refractivity contribution in [2.45, 2.75) is 6.42 Å². The Balaban J connectivity index is 2.23. The quantitative estimate of drug-likeness (QED) is 0.460. The molecule has 1 amide bonds. The highest BCUT2D eigenvalue weighted by atomic mass is 35.5. The Morgan fingerprint density at radius 3 is 3.06 bits per heavy atom. The fraction of sp³-hybridized carbons (Fsp3) is 0.333. The van der Waals surface area contributed by atoms with Crippen LogP contribution in [0.2, 0.25) is 5.15 Å². The number of hydrogen-bond acceptors (Lipinski definition) is 3. The van der Waals surface area contributed by atoms with Gasteiger partial charge in [-0.05, 0) is 18.6 Å². The van der Waals surface area contributed by atoms with Gasteiger partial charge in [-0.25, -0.2) is 4.98 Å². The summed E-state index contributed by atoms with van der Waals surface area (Å²) in [6.45, 7) is 5.12. The highest BCUT2D eigenvalue weighted by molar-refractivity contribution is 6.29. The normalized spacial score (nSPS) is 9.94. The summed E-state index contributed by atoms with van der Waals surface area (Å²) in [7, 11) is 0. The molecule has 0 saturated heterocycles. The summed E-state index contributed by atoms with van der Waals surface area (Å²) in [5, 5.41) is 3.00. The second kappa shape index (κ2) is 7.81. The number of carbonyl (C=O) groups excluding carboxylic acids is 1. The van der Waals surface area contributed by atoms with Crippen molar-refractivity contribution >= 4 is 17.5 Å². The lowest BCUT2D eigenvalue weighted by Crippen LogP contribution is -2.28. The van der Waals surface area contributed by atoms with E-state index in [9.17, 15) is 4.79 Å². The average molecular weight is 255 g/mol. The largest absolute Gasteiger partial charge is 0.379 e. The van der Waals surface area contributed by atoms with Crippen molar-refractivity contribution in [1.29, 1.82) is 0 Å². The number of nitrogens with one attached hydrogen (secondary N) is 1. The summed E-state index contributed by atoms with van der Waals surface area (Å²) in [4.78, 5) is 15.5. The predicted molar refractivity (Wildman–Crippen MR) is 67.2 cm³/mol. The summed E-state index contributed by atoms with van der Waals surface area (Å²) in [5.74, 6) is -0.250. The number of ether oxygens (including phenoxy) is 1. The predicted octanol–water partition coefficient (Wildman–Crippen LogP) is 2.06. The molecule has 1 N–H and O–H groups in total. The lowest BCUT2D eigenvalue weighted by atomic mass is 10.3. The molecule has 1 heterocycles. The Morgan fingerprint density at radius 1 is 1.53 bits per heavy atom. The molecule has 0 aliphatic carbocycles. The molecule has 92 valence electrons. The Morgan fingerprint density at radius 2 is 2.35 bits per heavy atom. The van der Waals surface area contributed by atoms with Gasteiger partial charge in [0.05, 0.1) is 13.2 Å². The molecule has 1 aromatic heterocycles. The summed E-state index contributed by atoms with van der Waals surface area (Å²) in [5.41, 5.74) is 0.309. The summed E-state index contributed by atoms with van der Waals surface area (Å²) in [6, 6.07) is 4.92. The van der Waals surface area contributed by atoms with Crippen molar-refractivity contribution in [3.05, 3.63) is 41.7 Å². The van der Waals surface area contributed by atoms with Gasteiger partial charge in [0.1, 0.15) is 10.8 Å². The van der Waals surface area contributed by atoms with Gasteiger partial charge in [-0.1, -0.05) is 23.7 Å². The smallest absolute Gasteiger partial charge is 0.270 e. The third-order valence-corrected chi connectivity index (χ3v) is 2.16. The van der Waals surface area contributed by atoms with Crippen LogP contribution in [0.25, 0.3) is 0 Å². The zero-order chi connectivity index (χ0) is 12.5. The Kier molecular flexibility index (Phi) is 6.29. The standard InChI is InChI=1S/C12H15ClN2O2/c1-2-3-8-17-9-7-14-12(16)10-5-4-6-11(13)15-10/h2,4-6H,1,3,7-9H2,(H,14,16). The number of amides is 1. The van der Waals surface area contributed by atoms with Crippen molar-refractivity contribution < 1.29 is 9.53 Å². The molecule has 0 aliphatic heterocycles. The van der Waals surface area contributed by atoms with E-state index >= 15 is 0 Å². The van der Waals surface area contributed by atoms with Crippen LogP contribution in [0, 0.1) is 0 Å². The molecule has 0 bridgehead atoms. The molecule has 1 aromatic rings. The molecule has 1 rings (SSSR count). The van der Waals surface area contributed by atoms with Gasteiger partial charge in [0.2, 0.25) is 0 Å². The zero-order valence-corrected chi connectivity index (χ0v) is 10.2. The second-order valence-corrected chi connectivity index (χ2v) is 3.68. The van der Waals surface area contributed by atoms with Crippen molar-refractivity contribution in [2.75, 3.05) is 19.8 Å². The maximum absolute atomic E-state index is 11.6. The van der Waals surface area contributed by atoms with Crippen LogP contribution in [0.3, 0.4) is 0 Å². The summed E-state index contributed by atoms with van der Waals surface area (Å²) >= 11 is 5.68. The number of nitrogens with zero attached hydrogens (tertiary/aromatic N) is 1. The molecule has 0 radical (unpaired) electrons. The van der Waals surface area contributed by atoms with Gasteiger partial charge in [-0.2, -0.15) is 0 Å². The first-order chi connectivity index (χ1) is 8.24. The number of rotatable bonds is 7. The minimum atomic E-state index is -0.250. The third kappa shape index (κ3) is 5.47. The van der Waals surface area contributed by atoms with Crippen LogP contribution in [0.1, 0.15) is 16.9 Å². The molecule has 0 aromatic carbocycles.